The number of anilines is 1. The van der Waals surface area contributed by atoms with Gasteiger partial charge in [0, 0.05) is 32.1 Å². The number of likely N-dealkylation sites (N-methyl/N-ethyl adjacent to an activating group) is 1. The Morgan fingerprint density at radius 1 is 1.45 bits per heavy atom. The molecule has 1 aromatic rings. The van der Waals surface area contributed by atoms with Crippen LogP contribution in [0.2, 0.25) is 0 Å². The molecule has 0 saturated carbocycles. The molecule has 0 fully saturated rings. The molecule has 110 valence electrons. The van der Waals surface area contributed by atoms with Gasteiger partial charge in [-0.1, -0.05) is 12.1 Å². The van der Waals surface area contributed by atoms with Crippen molar-refractivity contribution in [2.75, 3.05) is 31.6 Å². The molecule has 1 amide bonds. The number of para-hydroxylation sites is 2. The van der Waals surface area contributed by atoms with Crippen molar-refractivity contribution in [3.8, 4) is 0 Å². The maximum atomic E-state index is 11.8. The highest BCUT2D eigenvalue weighted by Gasteiger charge is 2.13. The normalized spacial score (nSPS) is 10.1. The lowest BCUT2D eigenvalue weighted by Crippen LogP contribution is -2.34. The molecular weight excluding hydrogens is 262 g/mol. The van der Waals surface area contributed by atoms with Crippen LogP contribution < -0.4 is 5.32 Å². The second-order valence-electron chi connectivity index (χ2n) is 4.15. The SMILES string of the molecule is CCN(CCO)C(=O)CCNc1ccccc1[N+](=O)[O-]. The second-order valence-corrected chi connectivity index (χ2v) is 4.15. The Morgan fingerprint density at radius 3 is 2.75 bits per heavy atom. The summed E-state index contributed by atoms with van der Waals surface area (Å²) in [6, 6.07) is 6.30. The van der Waals surface area contributed by atoms with Gasteiger partial charge in [-0.25, -0.2) is 0 Å². The molecule has 7 heteroatoms. The molecule has 0 aromatic heterocycles. The first kappa shape index (κ1) is 15.9. The summed E-state index contributed by atoms with van der Waals surface area (Å²) in [6.45, 7) is 2.91. The van der Waals surface area contributed by atoms with E-state index in [1.165, 1.54) is 6.07 Å². The number of nitrogens with zero attached hydrogens (tertiary/aromatic N) is 2. The number of nitro benzene ring substituents is 1. The summed E-state index contributed by atoms with van der Waals surface area (Å²) in [7, 11) is 0. The van der Waals surface area contributed by atoms with Crippen molar-refractivity contribution in [3.05, 3.63) is 34.4 Å². The van der Waals surface area contributed by atoms with Crippen LogP contribution in [-0.2, 0) is 4.79 Å². The Morgan fingerprint density at radius 2 is 2.15 bits per heavy atom. The van der Waals surface area contributed by atoms with Gasteiger partial charge in [-0.3, -0.25) is 14.9 Å². The van der Waals surface area contributed by atoms with E-state index in [-0.39, 0.29) is 24.6 Å². The fraction of sp³-hybridized carbons (Fsp3) is 0.462. The smallest absolute Gasteiger partial charge is 0.292 e. The molecule has 7 nitrogen and oxygen atoms in total. The molecule has 20 heavy (non-hydrogen) atoms. The maximum Gasteiger partial charge on any atom is 0.292 e. The molecule has 0 bridgehead atoms. The number of nitro groups is 1. The minimum absolute atomic E-state index is 0.0114. The van der Waals surface area contributed by atoms with Crippen LogP contribution in [0.3, 0.4) is 0 Å². The molecule has 2 N–H and O–H groups in total. The molecular formula is C13H19N3O4. The van der Waals surface area contributed by atoms with Gasteiger partial charge in [-0.15, -0.1) is 0 Å². The first-order chi connectivity index (χ1) is 9.60. The average molecular weight is 281 g/mol. The number of nitrogens with one attached hydrogen (secondary N) is 1. The molecule has 0 atom stereocenters. The average Bonchev–Trinajstić information content (AvgIpc) is 2.44. The summed E-state index contributed by atoms with van der Waals surface area (Å²) in [5, 5.41) is 22.5. The van der Waals surface area contributed by atoms with Crippen molar-refractivity contribution in [1.82, 2.24) is 4.90 Å². The molecule has 1 aromatic carbocycles. The van der Waals surface area contributed by atoms with Gasteiger partial charge < -0.3 is 15.3 Å². The number of hydrogen-bond acceptors (Lipinski definition) is 5. The lowest BCUT2D eigenvalue weighted by molar-refractivity contribution is -0.384. The summed E-state index contributed by atoms with van der Waals surface area (Å²) in [5.41, 5.74) is 0.387. The minimum atomic E-state index is -0.464. The predicted molar refractivity (Wildman–Crippen MR) is 75.5 cm³/mol. The molecule has 0 radical (unpaired) electrons. The van der Waals surface area contributed by atoms with Crippen molar-refractivity contribution < 1.29 is 14.8 Å². The highest BCUT2D eigenvalue weighted by Crippen LogP contribution is 2.22. The highest BCUT2D eigenvalue weighted by molar-refractivity contribution is 5.77. The molecule has 0 spiro atoms. The minimum Gasteiger partial charge on any atom is -0.395 e. The third kappa shape index (κ3) is 4.51. The number of carbonyl (C=O) groups is 1. The molecule has 0 aliphatic heterocycles. The molecule has 0 aliphatic carbocycles. The van der Waals surface area contributed by atoms with E-state index in [1.807, 2.05) is 6.92 Å². The Hall–Kier alpha value is -2.15. The summed E-state index contributed by atoms with van der Waals surface area (Å²) in [5.74, 6) is -0.0902. The van der Waals surface area contributed by atoms with Crippen molar-refractivity contribution in [2.45, 2.75) is 13.3 Å². The topological polar surface area (TPSA) is 95.7 Å². The molecule has 0 unspecified atom stereocenters. The van der Waals surface area contributed by atoms with Gasteiger partial charge in [0.05, 0.1) is 11.5 Å². The molecule has 0 aliphatic rings. The maximum absolute atomic E-state index is 11.8. The number of amides is 1. The van der Waals surface area contributed by atoms with Gasteiger partial charge in [-0.05, 0) is 13.0 Å². The monoisotopic (exact) mass is 281 g/mol. The van der Waals surface area contributed by atoms with Crippen LogP contribution >= 0.6 is 0 Å². The number of rotatable bonds is 8. The van der Waals surface area contributed by atoms with Crippen LogP contribution in [-0.4, -0.2) is 47.1 Å². The summed E-state index contributed by atoms with van der Waals surface area (Å²) in [4.78, 5) is 23.7. The first-order valence-electron chi connectivity index (χ1n) is 6.46. The highest BCUT2D eigenvalue weighted by atomic mass is 16.6. The zero-order valence-corrected chi connectivity index (χ0v) is 11.4. The standard InChI is InChI=1S/C13H19N3O4/c1-2-15(9-10-17)13(18)7-8-14-11-5-3-4-6-12(11)16(19)20/h3-6,14,17H,2,7-10H2,1H3. The van der Waals surface area contributed by atoms with Crippen molar-refractivity contribution in [3.63, 3.8) is 0 Å². The third-order valence-corrected chi connectivity index (χ3v) is 2.86. The molecule has 1 rings (SSSR count). The number of carbonyl (C=O) groups excluding carboxylic acids is 1. The lowest BCUT2D eigenvalue weighted by atomic mass is 10.2. The lowest BCUT2D eigenvalue weighted by Gasteiger charge is -2.19. The first-order valence-corrected chi connectivity index (χ1v) is 6.46. The van der Waals surface area contributed by atoms with E-state index in [0.717, 1.165) is 0 Å². The van der Waals surface area contributed by atoms with Crippen molar-refractivity contribution in [1.29, 1.82) is 0 Å². The van der Waals surface area contributed by atoms with Crippen molar-refractivity contribution in [2.24, 2.45) is 0 Å². The number of hydrogen-bond donors (Lipinski definition) is 2. The summed E-state index contributed by atoms with van der Waals surface area (Å²) in [6.07, 6.45) is 0.222. The Kier molecular flexibility index (Phi) is 6.45. The quantitative estimate of drug-likeness (QED) is 0.552. The van der Waals surface area contributed by atoms with Crippen LogP contribution in [0.4, 0.5) is 11.4 Å². The predicted octanol–water partition coefficient (Wildman–Crippen LogP) is 1.24. The zero-order valence-electron chi connectivity index (χ0n) is 11.4. The zero-order chi connectivity index (χ0) is 15.0. The Labute approximate surface area is 117 Å². The fourth-order valence-electron chi connectivity index (χ4n) is 1.82. The van der Waals surface area contributed by atoms with Gasteiger partial charge >= 0.3 is 0 Å². The number of aliphatic hydroxyl groups excluding tert-OH is 1. The number of benzene rings is 1. The van der Waals surface area contributed by atoms with Gasteiger partial charge in [0.1, 0.15) is 5.69 Å². The largest absolute Gasteiger partial charge is 0.395 e. The molecule has 0 saturated heterocycles. The van der Waals surface area contributed by atoms with Crippen LogP contribution in [0.5, 0.6) is 0 Å². The van der Waals surface area contributed by atoms with Gasteiger partial charge in [0.25, 0.3) is 5.69 Å². The van der Waals surface area contributed by atoms with E-state index in [1.54, 1.807) is 23.1 Å². The van der Waals surface area contributed by atoms with Crippen LogP contribution in [0.25, 0.3) is 0 Å². The van der Waals surface area contributed by atoms with E-state index in [4.69, 9.17) is 5.11 Å². The van der Waals surface area contributed by atoms with Crippen LogP contribution in [0.15, 0.2) is 24.3 Å². The molecule has 0 heterocycles. The second kappa shape index (κ2) is 8.11. The van der Waals surface area contributed by atoms with Gasteiger partial charge in [-0.2, -0.15) is 0 Å². The van der Waals surface area contributed by atoms with Crippen molar-refractivity contribution >= 4 is 17.3 Å². The van der Waals surface area contributed by atoms with Gasteiger partial charge in [0.2, 0.25) is 5.91 Å². The summed E-state index contributed by atoms with van der Waals surface area (Å²) >= 11 is 0. The third-order valence-electron chi connectivity index (χ3n) is 2.86. The van der Waals surface area contributed by atoms with E-state index >= 15 is 0 Å². The Bertz CT molecular complexity index is 465. The number of aliphatic hydroxyl groups is 1. The van der Waals surface area contributed by atoms with Gasteiger partial charge in [0.15, 0.2) is 0 Å². The summed E-state index contributed by atoms with van der Waals surface area (Å²) < 4.78 is 0. The Balaban J connectivity index is 2.52. The van der Waals surface area contributed by atoms with Crippen LogP contribution in [0.1, 0.15) is 13.3 Å². The fourth-order valence-corrected chi connectivity index (χ4v) is 1.82. The van der Waals surface area contributed by atoms with Crippen LogP contribution in [0, 0.1) is 10.1 Å². The van der Waals surface area contributed by atoms with E-state index in [9.17, 15) is 14.9 Å². The van der Waals surface area contributed by atoms with E-state index < -0.39 is 4.92 Å². The van der Waals surface area contributed by atoms with E-state index in [2.05, 4.69) is 5.32 Å². The van der Waals surface area contributed by atoms with E-state index in [0.29, 0.717) is 25.3 Å².